The summed E-state index contributed by atoms with van der Waals surface area (Å²) in [6, 6.07) is 9.85. The predicted molar refractivity (Wildman–Crippen MR) is 74.9 cm³/mol. The van der Waals surface area contributed by atoms with Gasteiger partial charge >= 0.3 is 0 Å². The Labute approximate surface area is 112 Å². The maximum atomic E-state index is 5.65. The van der Waals surface area contributed by atoms with Crippen LogP contribution < -0.4 is 5.73 Å². The number of nitrogen functional groups attached to an aromatic ring is 1. The van der Waals surface area contributed by atoms with Crippen molar-refractivity contribution in [2.75, 3.05) is 5.73 Å². The lowest BCUT2D eigenvalue weighted by Gasteiger charge is -2.06. The van der Waals surface area contributed by atoms with E-state index in [2.05, 4.69) is 30.9 Å². The molecule has 0 aliphatic heterocycles. The molecule has 0 aliphatic rings. The van der Waals surface area contributed by atoms with Crippen LogP contribution >= 0.6 is 15.9 Å². The normalized spacial score (nSPS) is 10.7. The number of hydrogen-bond acceptors (Lipinski definition) is 4. The van der Waals surface area contributed by atoms with Gasteiger partial charge in [0.05, 0.1) is 17.4 Å². The molecule has 0 saturated carbocycles. The fraction of sp³-hybridized carbons (Fsp3) is 0. The zero-order valence-electron chi connectivity index (χ0n) is 9.34. The Bertz CT molecular complexity index is 722. The average Bonchev–Trinajstić information content (AvgIpc) is 2.41. The molecule has 2 heterocycles. The number of nitrogens with zero attached hydrogens (tertiary/aromatic N) is 3. The van der Waals surface area contributed by atoms with Gasteiger partial charge in [-0.25, -0.2) is 9.97 Å². The fourth-order valence-electron chi connectivity index (χ4n) is 1.83. The van der Waals surface area contributed by atoms with Crippen LogP contribution in [-0.2, 0) is 0 Å². The first kappa shape index (κ1) is 11.1. The van der Waals surface area contributed by atoms with Crippen molar-refractivity contribution in [3.8, 4) is 11.3 Å². The van der Waals surface area contributed by atoms with Crippen molar-refractivity contribution in [2.45, 2.75) is 0 Å². The molecule has 3 rings (SSSR count). The first-order valence-corrected chi connectivity index (χ1v) is 6.17. The molecular weight excluding hydrogens is 292 g/mol. The van der Waals surface area contributed by atoms with E-state index in [1.54, 1.807) is 12.4 Å². The third-order valence-electron chi connectivity index (χ3n) is 2.68. The number of anilines is 1. The summed E-state index contributed by atoms with van der Waals surface area (Å²) in [6.45, 7) is 0. The molecule has 0 saturated heterocycles. The van der Waals surface area contributed by atoms with Gasteiger partial charge in [0.25, 0.3) is 0 Å². The summed E-state index contributed by atoms with van der Waals surface area (Å²) in [5.41, 5.74) is 8.35. The van der Waals surface area contributed by atoms with E-state index in [4.69, 9.17) is 5.73 Å². The highest BCUT2D eigenvalue weighted by molar-refractivity contribution is 9.10. The highest BCUT2D eigenvalue weighted by atomic mass is 79.9. The molecule has 0 unspecified atom stereocenters. The van der Waals surface area contributed by atoms with Crippen molar-refractivity contribution in [3.63, 3.8) is 0 Å². The molecular formula is C13H9BrN4. The highest BCUT2D eigenvalue weighted by Crippen LogP contribution is 2.27. The molecule has 5 heteroatoms. The van der Waals surface area contributed by atoms with Crippen molar-refractivity contribution in [1.29, 1.82) is 0 Å². The van der Waals surface area contributed by atoms with E-state index in [-0.39, 0.29) is 0 Å². The minimum Gasteiger partial charge on any atom is -0.381 e. The summed E-state index contributed by atoms with van der Waals surface area (Å²) in [5.74, 6) is 0.386. The molecule has 0 fully saturated rings. The van der Waals surface area contributed by atoms with E-state index in [9.17, 15) is 0 Å². The Kier molecular flexibility index (Phi) is 2.68. The number of nitrogens with two attached hydrogens (primary N) is 1. The van der Waals surface area contributed by atoms with Crippen molar-refractivity contribution >= 4 is 32.7 Å². The number of hydrogen-bond donors (Lipinski definition) is 1. The maximum absolute atomic E-state index is 5.65. The van der Waals surface area contributed by atoms with E-state index in [1.807, 2.05) is 30.3 Å². The van der Waals surface area contributed by atoms with Crippen LogP contribution in [0.25, 0.3) is 22.2 Å². The molecule has 0 aliphatic carbocycles. The summed E-state index contributed by atoms with van der Waals surface area (Å²) in [4.78, 5) is 12.8. The highest BCUT2D eigenvalue weighted by Gasteiger charge is 2.07. The molecule has 18 heavy (non-hydrogen) atoms. The zero-order valence-corrected chi connectivity index (χ0v) is 10.9. The van der Waals surface area contributed by atoms with Crippen LogP contribution in [0.4, 0.5) is 5.82 Å². The zero-order chi connectivity index (χ0) is 12.5. The molecule has 1 aromatic carbocycles. The summed E-state index contributed by atoms with van der Waals surface area (Å²) >= 11 is 3.29. The van der Waals surface area contributed by atoms with Crippen LogP contribution in [0, 0.1) is 0 Å². The van der Waals surface area contributed by atoms with Gasteiger partial charge in [0.2, 0.25) is 0 Å². The van der Waals surface area contributed by atoms with Crippen LogP contribution in [0.5, 0.6) is 0 Å². The van der Waals surface area contributed by atoms with Crippen molar-refractivity contribution < 1.29 is 0 Å². The summed E-state index contributed by atoms with van der Waals surface area (Å²) in [6.07, 6.45) is 3.44. The Balaban J connectivity index is 2.28. The van der Waals surface area contributed by atoms with E-state index < -0.39 is 0 Å². The molecule has 0 spiro atoms. The van der Waals surface area contributed by atoms with E-state index in [1.165, 1.54) is 0 Å². The monoisotopic (exact) mass is 300 g/mol. The van der Waals surface area contributed by atoms with Crippen molar-refractivity contribution in [2.24, 2.45) is 0 Å². The fourth-order valence-corrected chi connectivity index (χ4v) is 2.13. The topological polar surface area (TPSA) is 64.7 Å². The molecule has 88 valence electrons. The second kappa shape index (κ2) is 4.34. The maximum Gasteiger partial charge on any atom is 0.156 e. The van der Waals surface area contributed by atoms with Gasteiger partial charge in [0.15, 0.2) is 5.82 Å². The van der Waals surface area contributed by atoms with Crippen LogP contribution in [0.2, 0.25) is 0 Å². The number of rotatable bonds is 1. The van der Waals surface area contributed by atoms with Gasteiger partial charge < -0.3 is 5.73 Å². The number of fused-ring (bicyclic) bond motifs is 1. The quantitative estimate of drug-likeness (QED) is 0.750. The lowest BCUT2D eigenvalue weighted by atomic mass is 10.1. The van der Waals surface area contributed by atoms with Crippen molar-refractivity contribution in [3.05, 3.63) is 47.3 Å². The molecule has 2 N–H and O–H groups in total. The Morgan fingerprint density at radius 1 is 1.06 bits per heavy atom. The molecule has 0 amide bonds. The number of halogens is 1. The Morgan fingerprint density at radius 3 is 2.78 bits per heavy atom. The molecule has 2 aromatic heterocycles. The van der Waals surface area contributed by atoms with Gasteiger partial charge in [-0.1, -0.05) is 18.2 Å². The SMILES string of the molecule is Nc1ncc(-c2cccc3ncccc23)nc1Br. The van der Waals surface area contributed by atoms with Gasteiger partial charge in [0.1, 0.15) is 4.60 Å². The first-order valence-electron chi connectivity index (χ1n) is 5.38. The predicted octanol–water partition coefficient (Wildman–Crippen LogP) is 3.04. The largest absolute Gasteiger partial charge is 0.381 e. The van der Waals surface area contributed by atoms with Gasteiger partial charge in [-0.2, -0.15) is 0 Å². The third kappa shape index (κ3) is 1.82. The first-order chi connectivity index (χ1) is 8.75. The molecule has 3 aromatic rings. The Hall–Kier alpha value is -2.01. The van der Waals surface area contributed by atoms with Gasteiger partial charge in [-0.15, -0.1) is 0 Å². The summed E-state index contributed by atoms with van der Waals surface area (Å²) in [5, 5.41) is 1.05. The van der Waals surface area contributed by atoms with Gasteiger partial charge in [-0.3, -0.25) is 4.98 Å². The van der Waals surface area contributed by atoms with Crippen LogP contribution in [0.15, 0.2) is 47.3 Å². The Morgan fingerprint density at radius 2 is 1.94 bits per heavy atom. The molecule has 0 bridgehead atoms. The van der Waals surface area contributed by atoms with Gasteiger partial charge in [0, 0.05) is 17.1 Å². The molecule has 0 atom stereocenters. The molecule has 0 radical (unpaired) electrons. The second-order valence-corrected chi connectivity index (χ2v) is 4.56. The van der Waals surface area contributed by atoms with Gasteiger partial charge in [-0.05, 0) is 28.1 Å². The standard InChI is InChI=1S/C13H9BrN4/c14-12-13(15)17-7-11(18-12)9-3-1-5-10-8(9)4-2-6-16-10/h1-7H,(H2,15,17). The lowest BCUT2D eigenvalue weighted by molar-refractivity contribution is 1.18. The number of pyridine rings is 1. The van der Waals surface area contributed by atoms with E-state index in [0.29, 0.717) is 10.4 Å². The average molecular weight is 301 g/mol. The molecule has 4 nitrogen and oxygen atoms in total. The summed E-state index contributed by atoms with van der Waals surface area (Å²) < 4.78 is 0.556. The van der Waals surface area contributed by atoms with E-state index >= 15 is 0 Å². The van der Waals surface area contributed by atoms with E-state index in [0.717, 1.165) is 22.2 Å². The summed E-state index contributed by atoms with van der Waals surface area (Å²) in [7, 11) is 0. The number of aromatic nitrogens is 3. The second-order valence-electron chi connectivity index (χ2n) is 3.81. The minimum atomic E-state index is 0.386. The number of benzene rings is 1. The smallest absolute Gasteiger partial charge is 0.156 e. The lowest BCUT2D eigenvalue weighted by Crippen LogP contribution is -1.96. The minimum absolute atomic E-state index is 0.386. The van der Waals surface area contributed by atoms with Crippen LogP contribution in [-0.4, -0.2) is 15.0 Å². The third-order valence-corrected chi connectivity index (χ3v) is 3.26. The van der Waals surface area contributed by atoms with Crippen molar-refractivity contribution in [1.82, 2.24) is 15.0 Å². The van der Waals surface area contributed by atoms with Crippen LogP contribution in [0.3, 0.4) is 0 Å². The van der Waals surface area contributed by atoms with Crippen LogP contribution in [0.1, 0.15) is 0 Å².